The van der Waals surface area contributed by atoms with E-state index in [9.17, 15) is 8.42 Å². The van der Waals surface area contributed by atoms with Crippen LogP contribution in [0.15, 0.2) is 54.7 Å². The van der Waals surface area contributed by atoms with E-state index in [0.29, 0.717) is 37.6 Å². The first kappa shape index (κ1) is 24.4. The molecule has 1 fully saturated rings. The first-order chi connectivity index (χ1) is 17.3. The third-order valence-corrected chi connectivity index (χ3v) is 7.83. The lowest BCUT2D eigenvalue weighted by atomic mass is 10.1. The molecule has 0 bridgehead atoms. The van der Waals surface area contributed by atoms with E-state index in [0.717, 1.165) is 33.1 Å². The average Bonchev–Trinajstić information content (AvgIpc) is 2.87. The van der Waals surface area contributed by atoms with Crippen molar-refractivity contribution in [3.05, 3.63) is 66.1 Å². The van der Waals surface area contributed by atoms with Crippen molar-refractivity contribution in [2.75, 3.05) is 24.8 Å². The maximum atomic E-state index is 11.9. The monoisotopic (exact) mass is 506 g/mol. The number of pyridine rings is 1. The van der Waals surface area contributed by atoms with E-state index in [1.165, 1.54) is 10.6 Å². The Kier molecular flexibility index (Phi) is 6.74. The van der Waals surface area contributed by atoms with Crippen LogP contribution in [0.2, 0.25) is 0 Å². The van der Waals surface area contributed by atoms with E-state index in [2.05, 4.69) is 15.8 Å². The normalized spacial score (nSPS) is 16.3. The molecule has 1 saturated heterocycles. The molecule has 36 heavy (non-hydrogen) atoms. The minimum atomic E-state index is -3.19. The minimum absolute atomic E-state index is 0.113. The highest BCUT2D eigenvalue weighted by atomic mass is 32.2. The van der Waals surface area contributed by atoms with Crippen LogP contribution in [-0.4, -0.2) is 53.1 Å². The zero-order valence-corrected chi connectivity index (χ0v) is 21.4. The number of ether oxygens (including phenoxy) is 1. The molecule has 2 aromatic heterocycles. The van der Waals surface area contributed by atoms with Crippen LogP contribution in [0.1, 0.15) is 37.2 Å². The Hall–Kier alpha value is -3.34. The topological polar surface area (TPSA) is 109 Å². The summed E-state index contributed by atoms with van der Waals surface area (Å²) in [6, 6.07) is 15.6. The number of rotatable bonds is 7. The van der Waals surface area contributed by atoms with Crippen molar-refractivity contribution in [3.8, 4) is 5.88 Å². The maximum Gasteiger partial charge on any atom is 0.225 e. The molecule has 3 heterocycles. The molecular formula is C26H30N6O3S. The molecule has 1 aliphatic heterocycles. The lowest BCUT2D eigenvalue weighted by Gasteiger charge is -2.30. The van der Waals surface area contributed by atoms with E-state index in [1.807, 2.05) is 62.4 Å². The fourth-order valence-electron chi connectivity index (χ4n) is 4.51. The van der Waals surface area contributed by atoms with Crippen LogP contribution in [0.25, 0.3) is 21.8 Å². The van der Waals surface area contributed by atoms with Crippen molar-refractivity contribution in [1.82, 2.24) is 24.7 Å². The number of piperidine rings is 1. The summed E-state index contributed by atoms with van der Waals surface area (Å²) in [4.78, 5) is 14.0. The molecule has 188 valence electrons. The minimum Gasteiger partial charge on any atom is -0.474 e. The largest absolute Gasteiger partial charge is 0.474 e. The van der Waals surface area contributed by atoms with Crippen molar-refractivity contribution < 1.29 is 13.2 Å². The molecule has 1 unspecified atom stereocenters. The van der Waals surface area contributed by atoms with Gasteiger partial charge in [-0.1, -0.05) is 30.3 Å². The molecule has 4 aromatic rings. The highest BCUT2D eigenvalue weighted by molar-refractivity contribution is 7.88. The number of aromatic nitrogens is 3. The molecule has 1 atom stereocenters. The van der Waals surface area contributed by atoms with Gasteiger partial charge in [0.15, 0.2) is 5.82 Å². The van der Waals surface area contributed by atoms with Crippen LogP contribution in [0.3, 0.4) is 0 Å². The molecule has 5 rings (SSSR count). The van der Waals surface area contributed by atoms with E-state index >= 15 is 0 Å². The van der Waals surface area contributed by atoms with Gasteiger partial charge in [0.2, 0.25) is 15.9 Å². The van der Waals surface area contributed by atoms with Gasteiger partial charge in [-0.3, -0.25) is 4.98 Å². The highest BCUT2D eigenvalue weighted by Gasteiger charge is 2.27. The number of hydrogen-bond acceptors (Lipinski definition) is 8. The predicted octanol–water partition coefficient (Wildman–Crippen LogP) is 3.97. The molecule has 0 amide bonds. The molecule has 0 saturated carbocycles. The first-order valence-electron chi connectivity index (χ1n) is 12.0. The number of aryl methyl sites for hydroxylation is 1. The number of sulfonamides is 1. The van der Waals surface area contributed by atoms with Crippen molar-refractivity contribution >= 4 is 37.5 Å². The summed E-state index contributed by atoms with van der Waals surface area (Å²) >= 11 is 0. The summed E-state index contributed by atoms with van der Waals surface area (Å²) in [6.07, 6.45) is 4.14. The fourth-order valence-corrected chi connectivity index (χ4v) is 5.38. The summed E-state index contributed by atoms with van der Waals surface area (Å²) in [6.45, 7) is 4.89. The van der Waals surface area contributed by atoms with E-state index < -0.39 is 10.0 Å². The third kappa shape index (κ3) is 5.11. The smallest absolute Gasteiger partial charge is 0.225 e. The molecule has 0 aliphatic carbocycles. The van der Waals surface area contributed by atoms with Gasteiger partial charge in [0.25, 0.3) is 0 Å². The number of nitrogens with zero attached hydrogens (tertiary/aromatic N) is 4. The van der Waals surface area contributed by atoms with Gasteiger partial charge in [0.1, 0.15) is 6.10 Å². The van der Waals surface area contributed by atoms with Crippen LogP contribution < -0.4 is 15.6 Å². The van der Waals surface area contributed by atoms with Crippen LogP contribution in [0.4, 0.5) is 5.69 Å². The maximum absolute atomic E-state index is 11.9. The number of hydrogen-bond donors (Lipinski definition) is 2. The van der Waals surface area contributed by atoms with Gasteiger partial charge in [-0.2, -0.15) is 4.98 Å². The SMILES string of the molecule is Cc1cccc2nc(C(C)NNc3ccnc4ccccc34)nc(OC3CCN(S(C)(=O)=O)CC3)c12. The number of fused-ring (bicyclic) bond motifs is 2. The number of benzene rings is 2. The molecule has 9 nitrogen and oxygen atoms in total. The van der Waals surface area contributed by atoms with Gasteiger partial charge in [-0.15, -0.1) is 0 Å². The molecule has 0 radical (unpaired) electrons. The Balaban J connectivity index is 1.38. The summed E-state index contributed by atoms with van der Waals surface area (Å²) in [5.74, 6) is 1.14. The van der Waals surface area contributed by atoms with Gasteiger partial charge < -0.3 is 10.2 Å². The number of hydrazine groups is 1. The Morgan fingerprint density at radius 3 is 2.56 bits per heavy atom. The zero-order valence-electron chi connectivity index (χ0n) is 20.6. The molecule has 1 aliphatic rings. The Bertz CT molecular complexity index is 1500. The van der Waals surface area contributed by atoms with Crippen LogP contribution >= 0.6 is 0 Å². The van der Waals surface area contributed by atoms with Gasteiger partial charge in [0.05, 0.1) is 34.4 Å². The van der Waals surface area contributed by atoms with Crippen molar-refractivity contribution in [2.24, 2.45) is 0 Å². The van der Waals surface area contributed by atoms with Crippen LogP contribution in [0.5, 0.6) is 5.88 Å². The fraction of sp³-hybridized carbons (Fsp3) is 0.346. The summed E-state index contributed by atoms with van der Waals surface area (Å²) in [7, 11) is -3.19. The van der Waals surface area contributed by atoms with E-state index in [1.54, 1.807) is 6.20 Å². The van der Waals surface area contributed by atoms with Gasteiger partial charge >= 0.3 is 0 Å². The predicted molar refractivity (Wildman–Crippen MR) is 141 cm³/mol. The summed E-state index contributed by atoms with van der Waals surface area (Å²) in [5, 5.41) is 1.89. The Morgan fingerprint density at radius 2 is 1.78 bits per heavy atom. The molecule has 0 spiro atoms. The standard InChI is InChI=1S/C26H30N6O3S/c1-17-7-6-10-23-24(17)26(35-19-12-15-32(16-13-19)36(3,33)34)29-25(28-23)18(2)30-31-22-11-14-27-21-9-5-4-8-20(21)22/h4-11,14,18-19,30H,12-13,15-16H2,1-3H3,(H,27,31). The number of nitrogens with one attached hydrogen (secondary N) is 2. The van der Waals surface area contributed by atoms with E-state index in [4.69, 9.17) is 14.7 Å². The van der Waals surface area contributed by atoms with Crippen molar-refractivity contribution in [2.45, 2.75) is 38.8 Å². The van der Waals surface area contributed by atoms with Crippen molar-refractivity contribution in [3.63, 3.8) is 0 Å². The summed E-state index contributed by atoms with van der Waals surface area (Å²) < 4.78 is 31.6. The van der Waals surface area contributed by atoms with Crippen LogP contribution in [-0.2, 0) is 10.0 Å². The second kappa shape index (κ2) is 9.96. The Morgan fingerprint density at radius 1 is 1.03 bits per heavy atom. The average molecular weight is 507 g/mol. The lowest BCUT2D eigenvalue weighted by molar-refractivity contribution is 0.131. The lowest BCUT2D eigenvalue weighted by Crippen LogP contribution is -2.41. The van der Waals surface area contributed by atoms with E-state index in [-0.39, 0.29) is 12.1 Å². The van der Waals surface area contributed by atoms with Crippen molar-refractivity contribution in [1.29, 1.82) is 0 Å². The summed E-state index contributed by atoms with van der Waals surface area (Å²) in [5.41, 5.74) is 10.3. The second-order valence-electron chi connectivity index (χ2n) is 9.20. The molecule has 10 heteroatoms. The molecule has 2 N–H and O–H groups in total. The second-order valence-corrected chi connectivity index (χ2v) is 11.2. The van der Waals surface area contributed by atoms with Gasteiger partial charge in [0, 0.05) is 24.7 Å². The molecule has 2 aromatic carbocycles. The Labute approximate surface area is 210 Å². The van der Waals surface area contributed by atoms with Crippen LogP contribution in [0, 0.1) is 6.92 Å². The zero-order chi connectivity index (χ0) is 25.3. The van der Waals surface area contributed by atoms with Gasteiger partial charge in [-0.25, -0.2) is 23.1 Å². The molecular weight excluding hydrogens is 476 g/mol. The first-order valence-corrected chi connectivity index (χ1v) is 13.9. The number of para-hydroxylation sites is 1. The van der Waals surface area contributed by atoms with Gasteiger partial charge in [-0.05, 0) is 50.5 Å². The third-order valence-electron chi connectivity index (χ3n) is 6.52. The quantitative estimate of drug-likeness (QED) is 0.363. The highest BCUT2D eigenvalue weighted by Crippen LogP contribution is 2.30. The number of anilines is 1.